The fourth-order valence-corrected chi connectivity index (χ4v) is 8.32. The number of imidazole rings is 2. The standard InChI is InChI=1S/C44H50N4O2S/c1-29(2)21-35-15-9-16-36(22-30(3)4)43(35)47-25-41(45-27-47)33-13-10-17-37(23-33)51(49,50)38-18-11-14-34(24-38)42-26-48(28-46-42)44-39(31(5)6)19-12-20-40(44)32(7)8/h9-20,23-32H,21-22H2,1-8H3. The monoisotopic (exact) mass is 698 g/mol. The summed E-state index contributed by atoms with van der Waals surface area (Å²) in [6.07, 6.45) is 9.64. The van der Waals surface area contributed by atoms with Gasteiger partial charge in [0.05, 0.1) is 45.2 Å². The van der Waals surface area contributed by atoms with Gasteiger partial charge in [0.25, 0.3) is 0 Å². The minimum Gasteiger partial charge on any atom is -0.305 e. The molecule has 0 saturated carbocycles. The van der Waals surface area contributed by atoms with Crippen LogP contribution in [-0.2, 0) is 22.7 Å². The molecule has 4 aromatic carbocycles. The predicted octanol–water partition coefficient (Wildman–Crippen LogP) is 10.9. The molecule has 0 radical (unpaired) electrons. The van der Waals surface area contributed by atoms with E-state index in [2.05, 4.69) is 101 Å². The molecule has 0 aliphatic rings. The Balaban J connectivity index is 1.32. The number of aromatic nitrogens is 4. The van der Waals surface area contributed by atoms with Crippen LogP contribution in [0.15, 0.2) is 120 Å². The van der Waals surface area contributed by atoms with Crippen molar-refractivity contribution < 1.29 is 8.42 Å². The Hall–Kier alpha value is -4.75. The van der Waals surface area contributed by atoms with Gasteiger partial charge >= 0.3 is 0 Å². The molecule has 7 heteroatoms. The summed E-state index contributed by atoms with van der Waals surface area (Å²) in [5, 5.41) is 0. The van der Waals surface area contributed by atoms with Gasteiger partial charge in [0.1, 0.15) is 0 Å². The lowest BCUT2D eigenvalue weighted by molar-refractivity contribution is 0.596. The van der Waals surface area contributed by atoms with Gasteiger partial charge < -0.3 is 9.13 Å². The van der Waals surface area contributed by atoms with Gasteiger partial charge in [-0.15, -0.1) is 0 Å². The molecule has 6 rings (SSSR count). The minimum absolute atomic E-state index is 0.226. The zero-order valence-corrected chi connectivity index (χ0v) is 31.9. The second-order valence-corrected chi connectivity index (χ2v) is 17.1. The van der Waals surface area contributed by atoms with Crippen LogP contribution in [0.2, 0.25) is 0 Å². The fourth-order valence-electron chi connectivity index (χ4n) is 6.96. The normalized spacial score (nSPS) is 12.2. The molecule has 0 aliphatic heterocycles. The van der Waals surface area contributed by atoms with Gasteiger partial charge in [-0.1, -0.05) is 116 Å². The Morgan fingerprint density at radius 3 is 1.39 bits per heavy atom. The third kappa shape index (κ3) is 7.64. The lowest BCUT2D eigenvalue weighted by atomic mass is 9.92. The summed E-state index contributed by atoms with van der Waals surface area (Å²) in [6.45, 7) is 17.8. The first-order valence-electron chi connectivity index (χ1n) is 18.1. The van der Waals surface area contributed by atoms with Crippen molar-refractivity contribution in [2.24, 2.45) is 11.8 Å². The molecule has 2 aromatic heterocycles. The summed E-state index contributed by atoms with van der Waals surface area (Å²) in [7, 11) is -3.84. The Morgan fingerprint density at radius 1 is 0.549 bits per heavy atom. The fraction of sp³-hybridized carbons (Fsp3) is 0.318. The van der Waals surface area contributed by atoms with Crippen LogP contribution in [0.4, 0.5) is 0 Å². The topological polar surface area (TPSA) is 69.8 Å². The molecule has 0 N–H and O–H groups in total. The van der Waals surface area contributed by atoms with Crippen LogP contribution in [0.3, 0.4) is 0 Å². The Labute approximate surface area is 304 Å². The first-order chi connectivity index (χ1) is 24.3. The van der Waals surface area contributed by atoms with Crippen LogP contribution in [0.25, 0.3) is 33.9 Å². The second kappa shape index (κ2) is 14.8. The van der Waals surface area contributed by atoms with E-state index in [9.17, 15) is 8.42 Å². The van der Waals surface area contributed by atoms with Crippen molar-refractivity contribution in [1.82, 2.24) is 19.1 Å². The lowest BCUT2D eigenvalue weighted by Gasteiger charge is -2.20. The van der Waals surface area contributed by atoms with Gasteiger partial charge in [-0.05, 0) is 83.0 Å². The molecule has 0 aliphatic carbocycles. The summed E-state index contributed by atoms with van der Waals surface area (Å²) >= 11 is 0. The number of hydrogen-bond donors (Lipinski definition) is 0. The number of rotatable bonds is 12. The molecule has 0 amide bonds. The molecule has 0 bridgehead atoms. The maximum atomic E-state index is 14.1. The van der Waals surface area contributed by atoms with E-state index < -0.39 is 9.84 Å². The highest BCUT2D eigenvalue weighted by Gasteiger charge is 2.22. The largest absolute Gasteiger partial charge is 0.305 e. The van der Waals surface area contributed by atoms with E-state index >= 15 is 0 Å². The van der Waals surface area contributed by atoms with E-state index in [0.717, 1.165) is 35.3 Å². The zero-order chi connectivity index (χ0) is 36.4. The summed E-state index contributed by atoms with van der Waals surface area (Å²) < 4.78 is 32.5. The average molecular weight is 699 g/mol. The lowest BCUT2D eigenvalue weighted by Crippen LogP contribution is -2.07. The number of nitrogens with zero attached hydrogens (tertiary/aromatic N) is 4. The molecule has 0 saturated heterocycles. The number of benzene rings is 4. The van der Waals surface area contributed by atoms with Gasteiger partial charge in [0, 0.05) is 23.5 Å². The van der Waals surface area contributed by atoms with E-state index in [1.807, 2.05) is 37.2 Å². The molecule has 6 nitrogen and oxygen atoms in total. The van der Waals surface area contributed by atoms with Crippen LogP contribution in [-0.4, -0.2) is 27.5 Å². The summed E-state index contributed by atoms with van der Waals surface area (Å²) in [5.41, 5.74) is 10.3. The molecule has 51 heavy (non-hydrogen) atoms. The van der Waals surface area contributed by atoms with E-state index in [1.54, 1.807) is 36.4 Å². The summed E-state index contributed by atoms with van der Waals surface area (Å²) in [6, 6.07) is 27.2. The third-order valence-corrected chi connectivity index (χ3v) is 11.1. The number of para-hydroxylation sites is 2. The summed E-state index contributed by atoms with van der Waals surface area (Å²) in [5.74, 6) is 1.70. The van der Waals surface area contributed by atoms with Gasteiger partial charge in [0.15, 0.2) is 0 Å². The molecule has 6 aromatic rings. The average Bonchev–Trinajstić information content (AvgIpc) is 3.79. The molecule has 2 heterocycles. The van der Waals surface area contributed by atoms with E-state index in [4.69, 9.17) is 9.97 Å². The van der Waals surface area contributed by atoms with Crippen LogP contribution in [0.1, 0.15) is 89.5 Å². The van der Waals surface area contributed by atoms with Crippen molar-refractivity contribution in [3.05, 3.63) is 132 Å². The van der Waals surface area contributed by atoms with Crippen LogP contribution in [0.5, 0.6) is 0 Å². The SMILES string of the molecule is CC(C)Cc1cccc(CC(C)C)c1-n1cnc(-c2cccc(S(=O)(=O)c3cccc(-c4cn(-c5c(C(C)C)cccc5C(C)C)cn4)c3)c2)c1. The number of hydrogen-bond acceptors (Lipinski definition) is 4. The van der Waals surface area contributed by atoms with Crippen molar-refractivity contribution >= 4 is 9.84 Å². The number of sulfone groups is 1. The quantitative estimate of drug-likeness (QED) is 0.128. The van der Waals surface area contributed by atoms with Crippen molar-refractivity contribution in [2.75, 3.05) is 0 Å². The first kappa shape index (κ1) is 36.1. The molecule has 264 valence electrons. The van der Waals surface area contributed by atoms with Gasteiger partial charge in [-0.3, -0.25) is 0 Å². The van der Waals surface area contributed by atoms with Crippen molar-refractivity contribution in [1.29, 1.82) is 0 Å². The van der Waals surface area contributed by atoms with E-state index in [-0.39, 0.29) is 9.79 Å². The predicted molar refractivity (Wildman–Crippen MR) is 209 cm³/mol. The Morgan fingerprint density at radius 2 is 0.961 bits per heavy atom. The van der Waals surface area contributed by atoms with E-state index in [0.29, 0.717) is 29.4 Å². The highest BCUT2D eigenvalue weighted by Crippen LogP contribution is 2.34. The first-order valence-corrected chi connectivity index (χ1v) is 19.6. The third-order valence-electron chi connectivity index (χ3n) is 9.36. The van der Waals surface area contributed by atoms with E-state index in [1.165, 1.54) is 27.9 Å². The highest BCUT2D eigenvalue weighted by molar-refractivity contribution is 7.91. The molecular formula is C44H50N4O2S. The second-order valence-electron chi connectivity index (χ2n) is 15.1. The van der Waals surface area contributed by atoms with Gasteiger partial charge in [-0.25, -0.2) is 18.4 Å². The highest BCUT2D eigenvalue weighted by atomic mass is 32.2. The summed E-state index contributed by atoms with van der Waals surface area (Å²) in [4.78, 5) is 9.97. The van der Waals surface area contributed by atoms with Gasteiger partial charge in [-0.2, -0.15) is 0 Å². The maximum Gasteiger partial charge on any atom is 0.206 e. The Kier molecular flexibility index (Phi) is 10.5. The van der Waals surface area contributed by atoms with Crippen molar-refractivity contribution in [3.63, 3.8) is 0 Å². The molecule has 0 unspecified atom stereocenters. The van der Waals surface area contributed by atoms with Gasteiger partial charge in [0.2, 0.25) is 9.84 Å². The Bertz CT molecular complexity index is 2200. The maximum absolute atomic E-state index is 14.1. The molecule has 0 spiro atoms. The zero-order valence-electron chi connectivity index (χ0n) is 31.1. The minimum atomic E-state index is -3.84. The van der Waals surface area contributed by atoms with Crippen LogP contribution >= 0.6 is 0 Å². The van der Waals surface area contributed by atoms with Crippen molar-refractivity contribution in [2.45, 2.75) is 89.9 Å². The van der Waals surface area contributed by atoms with Crippen LogP contribution < -0.4 is 0 Å². The molecule has 0 atom stereocenters. The smallest absolute Gasteiger partial charge is 0.206 e. The molecule has 0 fully saturated rings. The molecular weight excluding hydrogens is 649 g/mol. The van der Waals surface area contributed by atoms with Crippen LogP contribution in [0, 0.1) is 11.8 Å². The van der Waals surface area contributed by atoms with Crippen molar-refractivity contribution in [3.8, 4) is 33.9 Å².